The monoisotopic (exact) mass is 1080 g/mol. The molecule has 2 saturated heterocycles. The lowest BCUT2D eigenvalue weighted by Crippen LogP contribution is -2.61. The predicted octanol–water partition coefficient (Wildman–Crippen LogP) is 11.5. The fourth-order valence-corrected chi connectivity index (χ4v) is 9.58. The molecular weight excluding hydrogens is 969 g/mol. The van der Waals surface area contributed by atoms with Crippen LogP contribution < -0.4 is 0 Å². The van der Waals surface area contributed by atoms with Gasteiger partial charge in [-0.25, -0.2) is 0 Å². The van der Waals surface area contributed by atoms with E-state index in [1.54, 1.807) is 0 Å². The molecule has 0 aromatic heterocycles. The van der Waals surface area contributed by atoms with Gasteiger partial charge in [-0.15, -0.1) is 0 Å². The van der Waals surface area contributed by atoms with Crippen molar-refractivity contribution >= 4 is 5.97 Å². The van der Waals surface area contributed by atoms with E-state index >= 15 is 0 Å². The summed E-state index contributed by atoms with van der Waals surface area (Å²) in [6.07, 6.45) is 43.1. The van der Waals surface area contributed by atoms with Crippen LogP contribution in [-0.4, -0.2) is 142 Å². The molecule has 0 radical (unpaired) electrons. The Labute approximate surface area is 461 Å². The van der Waals surface area contributed by atoms with E-state index in [-0.39, 0.29) is 25.6 Å². The Balaban J connectivity index is 1.69. The molecule has 0 aromatic carbocycles. The van der Waals surface area contributed by atoms with Gasteiger partial charge in [-0.05, 0) is 77.0 Å². The molecular formula is C62H112O14. The highest BCUT2D eigenvalue weighted by atomic mass is 16.7. The Hall–Kier alpha value is -2.05. The zero-order valence-electron chi connectivity index (χ0n) is 47.7. The minimum Gasteiger partial charge on any atom is -0.457 e. The third-order valence-electron chi connectivity index (χ3n) is 14.6. The maximum Gasteiger partial charge on any atom is 0.306 e. The second-order valence-corrected chi connectivity index (χ2v) is 21.5. The SMILES string of the molecule is CCCCCCC/C=C\C/C=C\C/C=C\CCCCCCCCCCCCC(=O)OC(COCCCCCCCC/C=C\CCCCCCCCC)COC1OC(COC2OC(CO)C(O)C(O)C2O)C(O)C(O)C1O. The summed E-state index contributed by atoms with van der Waals surface area (Å²) in [7, 11) is 0. The molecule has 11 atom stereocenters. The fraction of sp³-hybridized carbons (Fsp3) is 0.855. The lowest BCUT2D eigenvalue weighted by Gasteiger charge is -2.42. The number of hydrogen-bond acceptors (Lipinski definition) is 14. The number of rotatable bonds is 50. The first kappa shape index (κ1) is 70.1. The maximum atomic E-state index is 13.1. The summed E-state index contributed by atoms with van der Waals surface area (Å²) < 4.78 is 34.4. The molecule has 0 aromatic rings. The standard InChI is InChI=1S/C62H112O14/c1-3-5-7-9-11-13-15-17-19-21-22-23-24-25-26-27-28-29-31-33-35-37-39-41-43-45-54(64)74-51(48-71-46-44-42-40-38-36-34-32-30-20-18-16-14-12-10-8-6-4-2)49-72-61-60(70)58(68)56(66)53(76-61)50-73-62-59(69)57(67)55(65)52(47-63)75-62/h15,17,20-22,24-25,30,51-53,55-63,65-70H,3-14,16,18-19,23,26-29,31-50H2,1-2H3/b17-15-,22-21-,25-24-,30-20-. The third-order valence-corrected chi connectivity index (χ3v) is 14.6. The van der Waals surface area contributed by atoms with E-state index in [9.17, 15) is 40.5 Å². The molecule has 444 valence electrons. The number of aliphatic hydroxyl groups excluding tert-OH is 7. The van der Waals surface area contributed by atoms with Crippen molar-refractivity contribution < 1.29 is 69.0 Å². The first-order valence-electron chi connectivity index (χ1n) is 30.7. The Morgan fingerprint density at radius 1 is 0.434 bits per heavy atom. The molecule has 0 spiro atoms. The molecule has 0 saturated carbocycles. The fourth-order valence-electron chi connectivity index (χ4n) is 9.58. The van der Waals surface area contributed by atoms with Crippen LogP contribution in [0.2, 0.25) is 0 Å². The van der Waals surface area contributed by atoms with Crippen molar-refractivity contribution in [1.29, 1.82) is 0 Å². The van der Waals surface area contributed by atoms with Crippen molar-refractivity contribution in [2.45, 2.75) is 306 Å². The average molecular weight is 1080 g/mol. The smallest absolute Gasteiger partial charge is 0.306 e. The molecule has 2 aliphatic rings. The molecule has 76 heavy (non-hydrogen) atoms. The van der Waals surface area contributed by atoms with Gasteiger partial charge in [-0.3, -0.25) is 4.79 Å². The van der Waals surface area contributed by atoms with Gasteiger partial charge in [-0.2, -0.15) is 0 Å². The summed E-state index contributed by atoms with van der Waals surface area (Å²) >= 11 is 0. The van der Waals surface area contributed by atoms with Crippen LogP contribution in [0.15, 0.2) is 48.6 Å². The minimum atomic E-state index is -1.71. The van der Waals surface area contributed by atoms with E-state index in [4.69, 9.17) is 28.4 Å². The van der Waals surface area contributed by atoms with Crippen molar-refractivity contribution in [2.24, 2.45) is 0 Å². The van der Waals surface area contributed by atoms with Gasteiger partial charge < -0.3 is 64.2 Å². The Kier molecular flexibility index (Phi) is 45.0. The lowest BCUT2D eigenvalue weighted by atomic mass is 9.98. The molecule has 2 fully saturated rings. The van der Waals surface area contributed by atoms with Gasteiger partial charge in [0.05, 0.1) is 26.4 Å². The van der Waals surface area contributed by atoms with Crippen LogP contribution in [0, 0.1) is 0 Å². The quantitative estimate of drug-likeness (QED) is 0.0172. The van der Waals surface area contributed by atoms with E-state index in [1.807, 2.05) is 0 Å². The molecule has 0 amide bonds. The molecule has 11 unspecified atom stereocenters. The van der Waals surface area contributed by atoms with E-state index in [0.717, 1.165) is 64.2 Å². The largest absolute Gasteiger partial charge is 0.457 e. The second kappa shape index (κ2) is 48.8. The van der Waals surface area contributed by atoms with Crippen molar-refractivity contribution in [3.63, 3.8) is 0 Å². The zero-order chi connectivity index (χ0) is 55.1. The third kappa shape index (κ3) is 34.8. The summed E-state index contributed by atoms with van der Waals surface area (Å²) in [5, 5.41) is 72.4. The predicted molar refractivity (Wildman–Crippen MR) is 303 cm³/mol. The molecule has 14 nitrogen and oxygen atoms in total. The number of esters is 1. The maximum absolute atomic E-state index is 13.1. The topological polar surface area (TPSA) is 214 Å². The van der Waals surface area contributed by atoms with Gasteiger partial charge >= 0.3 is 5.97 Å². The highest BCUT2D eigenvalue weighted by molar-refractivity contribution is 5.69. The highest BCUT2D eigenvalue weighted by Crippen LogP contribution is 2.27. The summed E-state index contributed by atoms with van der Waals surface area (Å²) in [5.41, 5.74) is 0. The first-order valence-corrected chi connectivity index (χ1v) is 30.7. The van der Waals surface area contributed by atoms with Crippen LogP contribution in [0.4, 0.5) is 0 Å². The van der Waals surface area contributed by atoms with Crippen LogP contribution in [0.1, 0.15) is 239 Å². The van der Waals surface area contributed by atoms with E-state index < -0.39 is 80.7 Å². The van der Waals surface area contributed by atoms with Crippen LogP contribution in [0.3, 0.4) is 0 Å². The molecule has 0 aliphatic carbocycles. The van der Waals surface area contributed by atoms with Gasteiger partial charge in [0.15, 0.2) is 12.6 Å². The number of allylic oxidation sites excluding steroid dienone is 8. The van der Waals surface area contributed by atoms with Gasteiger partial charge in [0, 0.05) is 13.0 Å². The van der Waals surface area contributed by atoms with Crippen LogP contribution in [0.5, 0.6) is 0 Å². The van der Waals surface area contributed by atoms with Gasteiger partial charge in [-0.1, -0.05) is 204 Å². The Bertz CT molecular complexity index is 1440. The molecule has 2 heterocycles. The molecule has 2 aliphatic heterocycles. The van der Waals surface area contributed by atoms with Gasteiger partial charge in [0.2, 0.25) is 0 Å². The van der Waals surface area contributed by atoms with Crippen molar-refractivity contribution in [3.05, 3.63) is 48.6 Å². The van der Waals surface area contributed by atoms with Crippen LogP contribution in [-0.2, 0) is 33.2 Å². The number of carbonyl (C=O) groups excluding carboxylic acids is 1. The number of ether oxygens (including phenoxy) is 6. The Morgan fingerprint density at radius 2 is 0.816 bits per heavy atom. The summed E-state index contributed by atoms with van der Waals surface area (Å²) in [6, 6.07) is 0. The minimum absolute atomic E-state index is 0.0561. The highest BCUT2D eigenvalue weighted by Gasteiger charge is 2.47. The number of aliphatic hydroxyl groups is 7. The second-order valence-electron chi connectivity index (χ2n) is 21.5. The Morgan fingerprint density at radius 3 is 1.29 bits per heavy atom. The van der Waals surface area contributed by atoms with E-state index in [2.05, 4.69) is 62.5 Å². The van der Waals surface area contributed by atoms with Gasteiger partial charge in [0.25, 0.3) is 0 Å². The summed E-state index contributed by atoms with van der Waals surface area (Å²) in [4.78, 5) is 13.1. The van der Waals surface area contributed by atoms with Crippen LogP contribution in [0.25, 0.3) is 0 Å². The van der Waals surface area contributed by atoms with Crippen molar-refractivity contribution in [1.82, 2.24) is 0 Å². The summed E-state index contributed by atoms with van der Waals surface area (Å²) in [5.74, 6) is -0.381. The normalized spacial score (nSPS) is 24.8. The van der Waals surface area contributed by atoms with Crippen molar-refractivity contribution in [2.75, 3.05) is 33.0 Å². The van der Waals surface area contributed by atoms with E-state index in [1.165, 1.54) is 148 Å². The summed E-state index contributed by atoms with van der Waals surface area (Å²) in [6.45, 7) is 3.68. The first-order chi connectivity index (χ1) is 37.1. The van der Waals surface area contributed by atoms with Crippen LogP contribution >= 0.6 is 0 Å². The van der Waals surface area contributed by atoms with Gasteiger partial charge in [0.1, 0.15) is 54.9 Å². The zero-order valence-corrected chi connectivity index (χ0v) is 47.7. The van der Waals surface area contributed by atoms with Crippen molar-refractivity contribution in [3.8, 4) is 0 Å². The van der Waals surface area contributed by atoms with E-state index in [0.29, 0.717) is 13.0 Å². The molecule has 14 heteroatoms. The lowest BCUT2D eigenvalue weighted by molar-refractivity contribution is -0.332. The number of hydrogen-bond donors (Lipinski definition) is 7. The number of carbonyl (C=O) groups is 1. The number of unbranched alkanes of at least 4 members (excludes halogenated alkanes) is 28. The molecule has 7 N–H and O–H groups in total. The average Bonchev–Trinajstić information content (AvgIpc) is 3.42. The molecule has 2 rings (SSSR count). The molecule has 0 bridgehead atoms.